The molecule has 0 saturated heterocycles. The number of hydrogen-bond donors (Lipinski definition) is 1. The molecular formula is C11H20Br2O2. The summed E-state index contributed by atoms with van der Waals surface area (Å²) in [5, 5.41) is 8.82. The van der Waals surface area contributed by atoms with E-state index in [9.17, 15) is 4.79 Å². The molecule has 0 radical (unpaired) electrons. The molecule has 0 spiro atoms. The smallest absolute Gasteiger partial charge is 0.331 e. The van der Waals surface area contributed by atoms with Gasteiger partial charge in [-0.05, 0) is 6.42 Å². The molecule has 0 bridgehead atoms. The molecule has 0 aliphatic heterocycles. The minimum atomic E-state index is -0.913. The van der Waals surface area contributed by atoms with Crippen LogP contribution in [0.25, 0.3) is 0 Å². The number of carboxylic acids is 1. The van der Waals surface area contributed by atoms with Crippen LogP contribution in [0.1, 0.15) is 58.3 Å². The Balaban J connectivity index is 3.35. The molecule has 0 aliphatic rings. The summed E-state index contributed by atoms with van der Waals surface area (Å²) in [6, 6.07) is 0. The Morgan fingerprint density at radius 3 is 2.00 bits per heavy atom. The van der Waals surface area contributed by atoms with Gasteiger partial charge in [0, 0.05) is 0 Å². The Labute approximate surface area is 109 Å². The fraction of sp³-hybridized carbons (Fsp3) is 0.909. The molecule has 15 heavy (non-hydrogen) atoms. The summed E-state index contributed by atoms with van der Waals surface area (Å²) in [7, 11) is 0. The van der Waals surface area contributed by atoms with Gasteiger partial charge in [-0.25, -0.2) is 4.79 Å². The number of hydrogen-bond acceptors (Lipinski definition) is 1. The second-order valence-corrected chi connectivity index (χ2v) is 7.65. The second-order valence-electron chi connectivity index (χ2n) is 3.88. The fourth-order valence-electron chi connectivity index (χ4n) is 1.41. The van der Waals surface area contributed by atoms with Crippen LogP contribution >= 0.6 is 31.9 Å². The molecule has 2 nitrogen and oxygen atoms in total. The summed E-state index contributed by atoms with van der Waals surface area (Å²) >= 11 is 6.32. The van der Waals surface area contributed by atoms with E-state index in [4.69, 9.17) is 5.11 Å². The van der Waals surface area contributed by atoms with Gasteiger partial charge in [0.1, 0.15) is 0 Å². The predicted molar refractivity (Wildman–Crippen MR) is 70.8 cm³/mol. The van der Waals surface area contributed by atoms with Crippen LogP contribution in [0.2, 0.25) is 0 Å². The van der Waals surface area contributed by atoms with Crippen molar-refractivity contribution in [2.45, 2.75) is 61.5 Å². The van der Waals surface area contributed by atoms with Crippen molar-refractivity contribution in [3.63, 3.8) is 0 Å². The zero-order valence-corrected chi connectivity index (χ0v) is 12.4. The molecule has 0 fully saturated rings. The molecule has 0 aromatic carbocycles. The lowest BCUT2D eigenvalue weighted by molar-refractivity contribution is -0.137. The molecule has 90 valence electrons. The van der Waals surface area contributed by atoms with E-state index in [1.807, 2.05) is 0 Å². The Bertz CT molecular complexity index is 181. The van der Waals surface area contributed by atoms with Gasteiger partial charge in [0.15, 0.2) is 3.23 Å². The maximum absolute atomic E-state index is 10.7. The minimum absolute atomic E-state index is 0.635. The highest BCUT2D eigenvalue weighted by Gasteiger charge is 2.30. The Morgan fingerprint density at radius 1 is 1.07 bits per heavy atom. The van der Waals surface area contributed by atoms with Gasteiger partial charge in [-0.3, -0.25) is 0 Å². The first-order valence-electron chi connectivity index (χ1n) is 5.62. The van der Waals surface area contributed by atoms with Crippen molar-refractivity contribution in [2.24, 2.45) is 0 Å². The number of carbonyl (C=O) groups is 1. The van der Waals surface area contributed by atoms with Crippen LogP contribution in [0.4, 0.5) is 0 Å². The van der Waals surface area contributed by atoms with Crippen LogP contribution in [0.15, 0.2) is 0 Å². The number of carboxylic acid groups (broad SMARTS) is 1. The van der Waals surface area contributed by atoms with Crippen molar-refractivity contribution in [1.82, 2.24) is 0 Å². The van der Waals surface area contributed by atoms with Crippen molar-refractivity contribution in [1.29, 1.82) is 0 Å². The Morgan fingerprint density at radius 2 is 1.53 bits per heavy atom. The third-order valence-corrected chi connectivity index (χ3v) is 3.88. The van der Waals surface area contributed by atoms with Crippen molar-refractivity contribution in [2.75, 3.05) is 0 Å². The first-order chi connectivity index (χ1) is 7.00. The summed E-state index contributed by atoms with van der Waals surface area (Å²) in [5.41, 5.74) is 0. The molecule has 0 heterocycles. The van der Waals surface area contributed by atoms with Gasteiger partial charge in [0.05, 0.1) is 0 Å². The van der Waals surface area contributed by atoms with Crippen LogP contribution in [-0.2, 0) is 4.79 Å². The van der Waals surface area contributed by atoms with Gasteiger partial charge in [-0.15, -0.1) is 0 Å². The average molecular weight is 344 g/mol. The number of alkyl halides is 2. The summed E-state index contributed by atoms with van der Waals surface area (Å²) in [5.74, 6) is -0.839. The molecule has 1 N–H and O–H groups in total. The van der Waals surface area contributed by atoms with E-state index in [0.717, 1.165) is 12.8 Å². The van der Waals surface area contributed by atoms with Crippen molar-refractivity contribution >= 4 is 37.8 Å². The molecule has 0 amide bonds. The monoisotopic (exact) mass is 342 g/mol. The highest BCUT2D eigenvalue weighted by atomic mass is 79.9. The molecule has 0 aromatic heterocycles. The van der Waals surface area contributed by atoms with E-state index in [1.165, 1.54) is 32.1 Å². The zero-order chi connectivity index (χ0) is 11.7. The van der Waals surface area contributed by atoms with Gasteiger partial charge in [0.2, 0.25) is 0 Å². The molecular weight excluding hydrogens is 324 g/mol. The normalized spacial score (nSPS) is 11.7. The quantitative estimate of drug-likeness (QED) is 0.486. The number of aliphatic carboxylic acids is 1. The number of halogens is 2. The molecule has 0 aromatic rings. The lowest BCUT2D eigenvalue weighted by Gasteiger charge is -2.14. The van der Waals surface area contributed by atoms with Crippen LogP contribution in [0.3, 0.4) is 0 Å². The van der Waals surface area contributed by atoms with Gasteiger partial charge < -0.3 is 5.11 Å². The topological polar surface area (TPSA) is 37.3 Å². The molecule has 0 rings (SSSR count). The van der Waals surface area contributed by atoms with E-state index in [0.29, 0.717) is 6.42 Å². The number of unbranched alkanes of at least 4 members (excludes halogenated alkanes) is 6. The third-order valence-electron chi connectivity index (χ3n) is 2.41. The maximum atomic E-state index is 10.7. The second kappa shape index (κ2) is 8.57. The van der Waals surface area contributed by atoms with Gasteiger partial charge in [-0.1, -0.05) is 83.7 Å². The van der Waals surface area contributed by atoms with Crippen LogP contribution in [-0.4, -0.2) is 14.3 Å². The molecule has 0 atom stereocenters. The molecule has 0 aliphatic carbocycles. The van der Waals surface area contributed by atoms with E-state index in [2.05, 4.69) is 38.8 Å². The van der Waals surface area contributed by atoms with Crippen molar-refractivity contribution in [3.05, 3.63) is 0 Å². The fourth-order valence-corrected chi connectivity index (χ4v) is 1.97. The maximum Gasteiger partial charge on any atom is 0.331 e. The van der Waals surface area contributed by atoms with Crippen LogP contribution in [0, 0.1) is 0 Å². The molecule has 0 unspecified atom stereocenters. The highest BCUT2D eigenvalue weighted by Crippen LogP contribution is 2.32. The lowest BCUT2D eigenvalue weighted by atomic mass is 10.1. The average Bonchev–Trinajstić information content (AvgIpc) is 2.16. The summed E-state index contributed by atoms with van der Waals surface area (Å²) in [6.07, 6.45) is 9.10. The van der Waals surface area contributed by atoms with Crippen molar-refractivity contribution < 1.29 is 9.90 Å². The van der Waals surface area contributed by atoms with E-state index in [-0.39, 0.29) is 0 Å². The summed E-state index contributed by atoms with van der Waals surface area (Å²) in [6.45, 7) is 2.21. The lowest BCUT2D eigenvalue weighted by Crippen LogP contribution is -2.23. The van der Waals surface area contributed by atoms with Crippen LogP contribution < -0.4 is 0 Å². The largest absolute Gasteiger partial charge is 0.480 e. The van der Waals surface area contributed by atoms with E-state index >= 15 is 0 Å². The third kappa shape index (κ3) is 8.26. The Hall–Kier alpha value is 0.430. The van der Waals surface area contributed by atoms with Gasteiger partial charge in [-0.2, -0.15) is 0 Å². The standard InChI is InChI=1S/C11H20Br2O2/c1-2-3-4-5-6-7-8-9-11(12,13)10(14)15/h2-9H2,1H3,(H,14,15). The van der Waals surface area contributed by atoms with Crippen LogP contribution in [0.5, 0.6) is 0 Å². The highest BCUT2D eigenvalue weighted by molar-refractivity contribution is 9.25. The summed E-state index contributed by atoms with van der Waals surface area (Å²) in [4.78, 5) is 10.7. The number of rotatable bonds is 9. The first-order valence-corrected chi connectivity index (χ1v) is 7.20. The molecule has 4 heteroatoms. The van der Waals surface area contributed by atoms with Gasteiger partial charge in [0.25, 0.3) is 0 Å². The van der Waals surface area contributed by atoms with E-state index < -0.39 is 9.20 Å². The van der Waals surface area contributed by atoms with Gasteiger partial charge >= 0.3 is 5.97 Å². The zero-order valence-electron chi connectivity index (χ0n) is 9.27. The summed E-state index contributed by atoms with van der Waals surface area (Å²) < 4.78 is -0.913. The van der Waals surface area contributed by atoms with Crippen molar-refractivity contribution in [3.8, 4) is 0 Å². The molecule has 0 saturated carbocycles. The first kappa shape index (κ1) is 15.4. The predicted octanol–water partition coefficient (Wildman–Crippen LogP) is 4.70. The minimum Gasteiger partial charge on any atom is -0.480 e. The Kier molecular flexibility index (Phi) is 8.81. The SMILES string of the molecule is CCCCCCCCCC(Br)(Br)C(=O)O. The van der Waals surface area contributed by atoms with E-state index in [1.54, 1.807) is 0 Å².